The van der Waals surface area contributed by atoms with Crippen molar-refractivity contribution in [2.75, 3.05) is 0 Å². The third-order valence-electron chi connectivity index (χ3n) is 2.09. The molecule has 0 aliphatic heterocycles. The molecule has 2 nitrogen and oxygen atoms in total. The van der Waals surface area contributed by atoms with Gasteiger partial charge in [0.15, 0.2) is 5.78 Å². The number of ketones is 1. The molecule has 0 saturated heterocycles. The number of carbonyl (C=O) groups is 1. The van der Waals surface area contributed by atoms with Crippen molar-refractivity contribution in [2.45, 2.75) is 38.6 Å². The Hall–Kier alpha value is -0.630. The van der Waals surface area contributed by atoms with Gasteiger partial charge in [0.25, 0.3) is 0 Å². The molecule has 1 aliphatic carbocycles. The second-order valence-electron chi connectivity index (χ2n) is 3.05. The van der Waals surface area contributed by atoms with E-state index in [0.717, 1.165) is 24.8 Å². The Morgan fingerprint density at radius 1 is 1.82 bits per heavy atom. The summed E-state index contributed by atoms with van der Waals surface area (Å²) >= 11 is 0. The average Bonchev–Trinajstić information content (AvgIpc) is 2.03. The molecule has 0 aromatic heterocycles. The molecule has 0 fully saturated rings. The third kappa shape index (κ3) is 2.15. The predicted octanol–water partition coefficient (Wildman–Crippen LogP) is 1.40. The number of rotatable bonds is 2. The van der Waals surface area contributed by atoms with Crippen molar-refractivity contribution in [3.8, 4) is 0 Å². The SMILES string of the molecule is CCC(=O)C1=CCC[C@H](N)C1. The average molecular weight is 153 g/mol. The third-order valence-corrected chi connectivity index (χ3v) is 2.09. The lowest BCUT2D eigenvalue weighted by Gasteiger charge is -2.17. The maximum atomic E-state index is 11.2. The zero-order valence-corrected chi connectivity index (χ0v) is 6.97. The number of Topliss-reactive ketones (excluding diaryl/α,β-unsaturated/α-hetero) is 1. The van der Waals surface area contributed by atoms with Gasteiger partial charge < -0.3 is 5.73 Å². The fraction of sp³-hybridized carbons (Fsp3) is 0.667. The van der Waals surface area contributed by atoms with Crippen LogP contribution >= 0.6 is 0 Å². The van der Waals surface area contributed by atoms with Crippen molar-refractivity contribution in [3.05, 3.63) is 11.6 Å². The van der Waals surface area contributed by atoms with Crippen LogP contribution in [0.5, 0.6) is 0 Å². The van der Waals surface area contributed by atoms with Gasteiger partial charge in [-0.25, -0.2) is 0 Å². The van der Waals surface area contributed by atoms with Crippen LogP contribution < -0.4 is 5.73 Å². The molecule has 2 heteroatoms. The van der Waals surface area contributed by atoms with E-state index < -0.39 is 0 Å². The normalized spacial score (nSPS) is 24.5. The highest BCUT2D eigenvalue weighted by atomic mass is 16.1. The van der Waals surface area contributed by atoms with E-state index in [0.29, 0.717) is 6.42 Å². The van der Waals surface area contributed by atoms with Crippen LogP contribution in [0.1, 0.15) is 32.6 Å². The number of hydrogen-bond acceptors (Lipinski definition) is 2. The summed E-state index contributed by atoms with van der Waals surface area (Å²) in [7, 11) is 0. The lowest BCUT2D eigenvalue weighted by Crippen LogP contribution is -2.24. The summed E-state index contributed by atoms with van der Waals surface area (Å²) in [5.41, 5.74) is 6.67. The Morgan fingerprint density at radius 3 is 3.09 bits per heavy atom. The zero-order chi connectivity index (χ0) is 8.27. The molecular weight excluding hydrogens is 138 g/mol. The van der Waals surface area contributed by atoms with Gasteiger partial charge in [-0.05, 0) is 24.8 Å². The fourth-order valence-corrected chi connectivity index (χ4v) is 1.39. The molecule has 0 unspecified atom stereocenters. The van der Waals surface area contributed by atoms with E-state index in [-0.39, 0.29) is 11.8 Å². The van der Waals surface area contributed by atoms with Crippen molar-refractivity contribution in [2.24, 2.45) is 5.73 Å². The minimum Gasteiger partial charge on any atom is -0.327 e. The molecule has 0 heterocycles. The summed E-state index contributed by atoms with van der Waals surface area (Å²) in [6.45, 7) is 1.89. The van der Waals surface area contributed by atoms with E-state index in [2.05, 4.69) is 0 Å². The first-order chi connectivity index (χ1) is 5.24. The first kappa shape index (κ1) is 8.47. The topological polar surface area (TPSA) is 43.1 Å². The van der Waals surface area contributed by atoms with Gasteiger partial charge >= 0.3 is 0 Å². The monoisotopic (exact) mass is 153 g/mol. The van der Waals surface area contributed by atoms with Crippen LogP contribution in [0.25, 0.3) is 0 Å². The Labute approximate surface area is 67.5 Å². The molecule has 0 bridgehead atoms. The van der Waals surface area contributed by atoms with Crippen LogP contribution in [0, 0.1) is 0 Å². The Kier molecular flexibility index (Phi) is 2.83. The molecule has 62 valence electrons. The van der Waals surface area contributed by atoms with Crippen LogP contribution in [-0.2, 0) is 4.79 Å². The second kappa shape index (κ2) is 3.67. The Balaban J connectivity index is 2.57. The molecule has 2 N–H and O–H groups in total. The highest BCUT2D eigenvalue weighted by Crippen LogP contribution is 2.18. The van der Waals surface area contributed by atoms with Crippen molar-refractivity contribution in [3.63, 3.8) is 0 Å². The van der Waals surface area contributed by atoms with Crippen molar-refractivity contribution >= 4 is 5.78 Å². The van der Waals surface area contributed by atoms with Crippen LogP contribution in [0.15, 0.2) is 11.6 Å². The number of hydrogen-bond donors (Lipinski definition) is 1. The molecule has 0 spiro atoms. The molecule has 1 atom stereocenters. The van der Waals surface area contributed by atoms with E-state index in [4.69, 9.17) is 5.73 Å². The maximum Gasteiger partial charge on any atom is 0.158 e. The maximum absolute atomic E-state index is 11.2. The predicted molar refractivity (Wildman–Crippen MR) is 45.2 cm³/mol. The largest absolute Gasteiger partial charge is 0.327 e. The highest BCUT2D eigenvalue weighted by Gasteiger charge is 2.15. The smallest absolute Gasteiger partial charge is 0.158 e. The summed E-state index contributed by atoms with van der Waals surface area (Å²) < 4.78 is 0. The van der Waals surface area contributed by atoms with E-state index in [1.54, 1.807) is 0 Å². The Morgan fingerprint density at radius 2 is 2.55 bits per heavy atom. The van der Waals surface area contributed by atoms with E-state index in [9.17, 15) is 4.79 Å². The van der Waals surface area contributed by atoms with Gasteiger partial charge in [-0.1, -0.05) is 13.0 Å². The lowest BCUT2D eigenvalue weighted by atomic mass is 9.92. The molecule has 0 aromatic rings. The summed E-state index contributed by atoms with van der Waals surface area (Å²) in [5, 5.41) is 0. The molecular formula is C9H15NO. The molecule has 0 amide bonds. The molecule has 11 heavy (non-hydrogen) atoms. The fourth-order valence-electron chi connectivity index (χ4n) is 1.39. The van der Waals surface area contributed by atoms with Crippen molar-refractivity contribution in [1.29, 1.82) is 0 Å². The number of carbonyl (C=O) groups excluding carboxylic acids is 1. The van der Waals surface area contributed by atoms with E-state index in [1.165, 1.54) is 0 Å². The van der Waals surface area contributed by atoms with Gasteiger partial charge in [0.1, 0.15) is 0 Å². The molecule has 1 rings (SSSR count). The minimum absolute atomic E-state index is 0.213. The Bertz CT molecular complexity index is 184. The van der Waals surface area contributed by atoms with E-state index >= 15 is 0 Å². The summed E-state index contributed by atoms with van der Waals surface area (Å²) in [6.07, 6.45) is 5.43. The van der Waals surface area contributed by atoms with Gasteiger partial charge in [0.2, 0.25) is 0 Å². The number of nitrogens with two attached hydrogens (primary N) is 1. The van der Waals surface area contributed by atoms with Crippen LogP contribution in [0.2, 0.25) is 0 Å². The zero-order valence-electron chi connectivity index (χ0n) is 6.97. The molecule has 0 saturated carbocycles. The van der Waals surface area contributed by atoms with Crippen LogP contribution in [0.3, 0.4) is 0 Å². The van der Waals surface area contributed by atoms with Gasteiger partial charge in [-0.15, -0.1) is 0 Å². The second-order valence-corrected chi connectivity index (χ2v) is 3.05. The lowest BCUT2D eigenvalue weighted by molar-refractivity contribution is -0.115. The first-order valence-electron chi connectivity index (χ1n) is 4.22. The van der Waals surface area contributed by atoms with Crippen molar-refractivity contribution in [1.82, 2.24) is 0 Å². The summed E-state index contributed by atoms with van der Waals surface area (Å²) in [4.78, 5) is 11.2. The highest BCUT2D eigenvalue weighted by molar-refractivity contribution is 5.95. The van der Waals surface area contributed by atoms with Gasteiger partial charge in [0.05, 0.1) is 0 Å². The molecule has 0 aromatic carbocycles. The van der Waals surface area contributed by atoms with Crippen LogP contribution in [0.4, 0.5) is 0 Å². The van der Waals surface area contributed by atoms with Gasteiger partial charge in [-0.2, -0.15) is 0 Å². The van der Waals surface area contributed by atoms with Gasteiger partial charge in [0, 0.05) is 12.5 Å². The molecule has 1 aliphatic rings. The summed E-state index contributed by atoms with van der Waals surface area (Å²) in [6, 6.07) is 0.213. The first-order valence-corrected chi connectivity index (χ1v) is 4.22. The number of allylic oxidation sites excluding steroid dienone is 1. The minimum atomic E-state index is 0.213. The van der Waals surface area contributed by atoms with E-state index in [1.807, 2.05) is 13.0 Å². The van der Waals surface area contributed by atoms with Crippen molar-refractivity contribution < 1.29 is 4.79 Å². The molecule has 0 radical (unpaired) electrons. The quantitative estimate of drug-likeness (QED) is 0.651. The van der Waals surface area contributed by atoms with Gasteiger partial charge in [-0.3, -0.25) is 4.79 Å². The summed E-state index contributed by atoms with van der Waals surface area (Å²) in [5.74, 6) is 0.264. The van der Waals surface area contributed by atoms with Crippen LogP contribution in [-0.4, -0.2) is 11.8 Å². The standard InChI is InChI=1S/C9H15NO/c1-2-9(11)7-4-3-5-8(10)6-7/h4,8H,2-3,5-6,10H2,1H3/t8-/m0/s1.